The molecule has 0 atom stereocenters. The molecule has 2 rings (SSSR count). The summed E-state index contributed by atoms with van der Waals surface area (Å²) in [6.45, 7) is 4.77. The Hall–Kier alpha value is -1.90. The maximum absolute atomic E-state index is 4.28. The van der Waals surface area contributed by atoms with Crippen LogP contribution in [0.15, 0.2) is 36.7 Å². The number of aromatic nitrogens is 2. The highest BCUT2D eigenvalue weighted by Gasteiger charge is 1.95. The highest BCUT2D eigenvalue weighted by molar-refractivity contribution is 5.36. The second-order valence-corrected chi connectivity index (χ2v) is 3.88. The molecule has 2 aromatic rings. The Kier molecular flexibility index (Phi) is 3.15. The van der Waals surface area contributed by atoms with Crippen LogP contribution >= 0.6 is 0 Å². The molecule has 0 radical (unpaired) electrons. The van der Waals surface area contributed by atoms with Crippen molar-refractivity contribution in [3.05, 3.63) is 53.5 Å². The number of aryl methyl sites for hydroxylation is 2. The van der Waals surface area contributed by atoms with E-state index in [2.05, 4.69) is 21.4 Å². The van der Waals surface area contributed by atoms with Crippen LogP contribution in [0, 0.1) is 13.8 Å². The minimum atomic E-state index is 0.753. The lowest BCUT2D eigenvalue weighted by molar-refractivity contribution is 1.06. The zero-order chi connectivity index (χ0) is 11.4. The van der Waals surface area contributed by atoms with Crippen molar-refractivity contribution in [2.24, 2.45) is 0 Å². The molecule has 0 bridgehead atoms. The van der Waals surface area contributed by atoms with Crippen LogP contribution in [0.3, 0.4) is 0 Å². The molecule has 0 unspecified atom stereocenters. The first-order valence-electron chi connectivity index (χ1n) is 5.32. The predicted octanol–water partition coefficient (Wildman–Crippen LogP) is 2.71. The lowest BCUT2D eigenvalue weighted by Crippen LogP contribution is -2.01. The van der Waals surface area contributed by atoms with Crippen LogP contribution in [0.5, 0.6) is 0 Å². The van der Waals surface area contributed by atoms with Crippen LogP contribution in [0.1, 0.15) is 16.8 Å². The Balaban J connectivity index is 1.97. The van der Waals surface area contributed by atoms with Gasteiger partial charge in [-0.1, -0.05) is 12.1 Å². The van der Waals surface area contributed by atoms with Crippen LogP contribution in [-0.2, 0) is 6.54 Å². The van der Waals surface area contributed by atoms with E-state index in [1.165, 1.54) is 5.56 Å². The predicted molar refractivity (Wildman–Crippen MR) is 65.3 cm³/mol. The van der Waals surface area contributed by atoms with E-state index in [9.17, 15) is 0 Å². The quantitative estimate of drug-likeness (QED) is 0.851. The fourth-order valence-electron chi connectivity index (χ4n) is 1.37. The summed E-state index contributed by atoms with van der Waals surface area (Å²) in [5, 5.41) is 3.26. The van der Waals surface area contributed by atoms with Gasteiger partial charge in [-0.2, -0.15) is 0 Å². The van der Waals surface area contributed by atoms with Crippen molar-refractivity contribution in [3.63, 3.8) is 0 Å². The van der Waals surface area contributed by atoms with Crippen molar-refractivity contribution in [2.45, 2.75) is 20.4 Å². The molecule has 0 amide bonds. The summed E-state index contributed by atoms with van der Waals surface area (Å²) >= 11 is 0. The lowest BCUT2D eigenvalue weighted by Gasteiger charge is -2.05. The number of nitrogens with zero attached hydrogens (tertiary/aromatic N) is 2. The van der Waals surface area contributed by atoms with Gasteiger partial charge in [-0.15, -0.1) is 0 Å². The molecule has 0 aliphatic heterocycles. The molecule has 0 aliphatic carbocycles. The number of rotatable bonds is 3. The number of hydrogen-bond donors (Lipinski definition) is 1. The summed E-state index contributed by atoms with van der Waals surface area (Å²) in [4.78, 5) is 8.52. The van der Waals surface area contributed by atoms with Crippen LogP contribution in [0.4, 0.5) is 5.82 Å². The first kappa shape index (κ1) is 10.6. The minimum Gasteiger partial charge on any atom is -0.366 e. The SMILES string of the molecule is Cc1ccc(NCc2ccc(C)nc2)nc1. The van der Waals surface area contributed by atoms with Gasteiger partial charge in [0.1, 0.15) is 5.82 Å². The molecule has 2 heterocycles. The minimum absolute atomic E-state index is 0.753. The summed E-state index contributed by atoms with van der Waals surface area (Å²) in [5.74, 6) is 0.895. The van der Waals surface area contributed by atoms with Gasteiger partial charge in [0.15, 0.2) is 0 Å². The molecule has 0 spiro atoms. The smallest absolute Gasteiger partial charge is 0.126 e. The third-order valence-electron chi connectivity index (χ3n) is 2.36. The number of hydrogen-bond acceptors (Lipinski definition) is 3. The highest BCUT2D eigenvalue weighted by atomic mass is 15.0. The van der Waals surface area contributed by atoms with Crippen molar-refractivity contribution in [1.29, 1.82) is 0 Å². The molecule has 1 N–H and O–H groups in total. The Labute approximate surface area is 95.6 Å². The second-order valence-electron chi connectivity index (χ2n) is 3.88. The van der Waals surface area contributed by atoms with Crippen LogP contribution in [0.2, 0.25) is 0 Å². The van der Waals surface area contributed by atoms with Crippen molar-refractivity contribution in [3.8, 4) is 0 Å². The normalized spacial score (nSPS) is 10.1. The molecular weight excluding hydrogens is 198 g/mol. The molecule has 0 saturated carbocycles. The third kappa shape index (κ3) is 2.79. The first-order valence-corrected chi connectivity index (χ1v) is 5.32. The van der Waals surface area contributed by atoms with Gasteiger partial charge in [-0.25, -0.2) is 4.98 Å². The molecule has 2 aromatic heterocycles. The number of nitrogens with one attached hydrogen (secondary N) is 1. The average Bonchev–Trinajstić information content (AvgIpc) is 2.30. The van der Waals surface area contributed by atoms with Crippen LogP contribution < -0.4 is 5.32 Å². The molecule has 0 saturated heterocycles. The average molecular weight is 213 g/mol. The number of anilines is 1. The monoisotopic (exact) mass is 213 g/mol. The summed E-state index contributed by atoms with van der Waals surface area (Å²) in [7, 11) is 0. The number of pyridine rings is 2. The first-order chi connectivity index (χ1) is 7.74. The second kappa shape index (κ2) is 4.75. The molecule has 0 aliphatic rings. The molecule has 3 nitrogen and oxygen atoms in total. The van der Waals surface area contributed by atoms with E-state index in [0.29, 0.717) is 0 Å². The van der Waals surface area contributed by atoms with E-state index >= 15 is 0 Å². The zero-order valence-corrected chi connectivity index (χ0v) is 9.57. The standard InChI is InChI=1S/C13H15N3/c1-10-3-6-13(15-7-10)16-9-12-5-4-11(2)14-8-12/h3-8H,9H2,1-2H3,(H,15,16). The van der Waals surface area contributed by atoms with E-state index in [1.807, 2.05) is 44.4 Å². The van der Waals surface area contributed by atoms with Gasteiger partial charge >= 0.3 is 0 Å². The van der Waals surface area contributed by atoms with E-state index in [4.69, 9.17) is 0 Å². The van der Waals surface area contributed by atoms with Crippen molar-refractivity contribution in [2.75, 3.05) is 5.32 Å². The van der Waals surface area contributed by atoms with Gasteiger partial charge < -0.3 is 5.32 Å². The zero-order valence-electron chi connectivity index (χ0n) is 9.57. The Morgan fingerprint density at radius 1 is 1.00 bits per heavy atom. The van der Waals surface area contributed by atoms with E-state index in [1.54, 1.807) is 0 Å². The molecule has 0 fully saturated rings. The molecular formula is C13H15N3. The van der Waals surface area contributed by atoms with Crippen LogP contribution in [-0.4, -0.2) is 9.97 Å². The van der Waals surface area contributed by atoms with E-state index in [0.717, 1.165) is 23.6 Å². The maximum Gasteiger partial charge on any atom is 0.126 e. The van der Waals surface area contributed by atoms with Gasteiger partial charge in [-0.3, -0.25) is 4.98 Å². The fourth-order valence-corrected chi connectivity index (χ4v) is 1.37. The summed E-state index contributed by atoms with van der Waals surface area (Å²) in [6, 6.07) is 8.11. The Morgan fingerprint density at radius 3 is 2.50 bits per heavy atom. The van der Waals surface area contributed by atoms with Crippen molar-refractivity contribution < 1.29 is 0 Å². The Bertz CT molecular complexity index is 400. The highest BCUT2D eigenvalue weighted by Crippen LogP contribution is 2.06. The molecule has 16 heavy (non-hydrogen) atoms. The van der Waals surface area contributed by atoms with Crippen molar-refractivity contribution >= 4 is 5.82 Å². The molecule has 3 heteroatoms. The molecule has 82 valence electrons. The maximum atomic E-state index is 4.28. The van der Waals surface area contributed by atoms with Gasteiger partial charge in [0, 0.05) is 24.6 Å². The van der Waals surface area contributed by atoms with E-state index < -0.39 is 0 Å². The van der Waals surface area contributed by atoms with Gasteiger partial charge in [0.2, 0.25) is 0 Å². The Morgan fingerprint density at radius 2 is 1.88 bits per heavy atom. The van der Waals surface area contributed by atoms with Crippen LogP contribution in [0.25, 0.3) is 0 Å². The van der Waals surface area contributed by atoms with Crippen molar-refractivity contribution in [1.82, 2.24) is 9.97 Å². The largest absolute Gasteiger partial charge is 0.366 e. The lowest BCUT2D eigenvalue weighted by atomic mass is 10.2. The third-order valence-corrected chi connectivity index (χ3v) is 2.36. The van der Waals surface area contributed by atoms with Gasteiger partial charge in [0.05, 0.1) is 0 Å². The summed E-state index contributed by atoms with van der Waals surface area (Å²) in [6.07, 6.45) is 3.74. The fraction of sp³-hybridized carbons (Fsp3) is 0.231. The summed E-state index contributed by atoms with van der Waals surface area (Å²) < 4.78 is 0. The van der Waals surface area contributed by atoms with E-state index in [-0.39, 0.29) is 0 Å². The van der Waals surface area contributed by atoms with Gasteiger partial charge in [0.25, 0.3) is 0 Å². The van der Waals surface area contributed by atoms with Gasteiger partial charge in [-0.05, 0) is 37.1 Å². The summed E-state index contributed by atoms with van der Waals surface area (Å²) in [5.41, 5.74) is 3.37. The topological polar surface area (TPSA) is 37.8 Å². The molecule has 0 aromatic carbocycles.